The number of anilines is 1. The van der Waals surface area contributed by atoms with Gasteiger partial charge in [0.05, 0.1) is 12.1 Å². The fourth-order valence-corrected chi connectivity index (χ4v) is 2.55. The first-order valence-electron chi connectivity index (χ1n) is 6.85. The van der Waals surface area contributed by atoms with E-state index in [9.17, 15) is 9.59 Å². The maximum Gasteiger partial charge on any atom is 0.321 e. The molecule has 1 atom stereocenters. The number of carbonyl (C=O) groups is 2. The van der Waals surface area contributed by atoms with Gasteiger partial charge in [0.15, 0.2) is 5.13 Å². The first-order chi connectivity index (χ1) is 9.59. The van der Waals surface area contributed by atoms with Crippen molar-refractivity contribution in [2.24, 2.45) is 5.92 Å². The average Bonchev–Trinajstić information content (AvgIpc) is 2.75. The van der Waals surface area contributed by atoms with Gasteiger partial charge >= 0.3 is 12.0 Å². The van der Waals surface area contributed by atoms with E-state index < -0.39 is 18.0 Å². The molecule has 0 aliphatic heterocycles. The van der Waals surface area contributed by atoms with E-state index in [4.69, 9.17) is 5.11 Å². The van der Waals surface area contributed by atoms with E-state index >= 15 is 0 Å². The number of amides is 2. The number of hydrogen-bond acceptors (Lipinski definition) is 4. The van der Waals surface area contributed by atoms with Gasteiger partial charge in [0.25, 0.3) is 0 Å². The van der Waals surface area contributed by atoms with E-state index in [1.807, 2.05) is 40.0 Å². The Morgan fingerprint density at radius 3 is 2.43 bits per heavy atom. The Labute approximate surface area is 129 Å². The molecule has 1 heterocycles. The summed E-state index contributed by atoms with van der Waals surface area (Å²) >= 11 is 1.35. The van der Waals surface area contributed by atoms with E-state index in [1.54, 1.807) is 0 Å². The van der Waals surface area contributed by atoms with Crippen molar-refractivity contribution in [2.75, 3.05) is 5.32 Å². The fraction of sp³-hybridized carbons (Fsp3) is 0.643. The van der Waals surface area contributed by atoms with Gasteiger partial charge in [-0.1, -0.05) is 34.6 Å². The highest BCUT2D eigenvalue weighted by atomic mass is 32.1. The second-order valence-electron chi connectivity index (χ2n) is 6.33. The third-order valence-electron chi connectivity index (χ3n) is 3.01. The van der Waals surface area contributed by atoms with Crippen LogP contribution in [-0.2, 0) is 10.2 Å². The molecule has 0 fully saturated rings. The number of hydrogen-bond donors (Lipinski definition) is 3. The molecule has 0 radical (unpaired) electrons. The lowest BCUT2D eigenvalue weighted by Crippen LogP contribution is -2.42. The van der Waals surface area contributed by atoms with Crippen molar-refractivity contribution in [3.8, 4) is 0 Å². The average molecular weight is 313 g/mol. The Hall–Kier alpha value is -1.63. The van der Waals surface area contributed by atoms with Crippen LogP contribution in [0.4, 0.5) is 9.93 Å². The van der Waals surface area contributed by atoms with Crippen molar-refractivity contribution in [1.29, 1.82) is 0 Å². The minimum absolute atomic E-state index is 0.0354. The summed E-state index contributed by atoms with van der Waals surface area (Å²) in [7, 11) is 0. The van der Waals surface area contributed by atoms with Crippen molar-refractivity contribution in [3.63, 3.8) is 0 Å². The van der Waals surface area contributed by atoms with E-state index in [-0.39, 0.29) is 17.8 Å². The molecule has 1 rings (SSSR count). The van der Waals surface area contributed by atoms with E-state index in [0.29, 0.717) is 5.13 Å². The molecule has 0 aliphatic carbocycles. The number of urea groups is 1. The molecule has 0 aromatic carbocycles. The molecule has 1 unspecified atom stereocenters. The predicted octanol–water partition coefficient (Wildman–Crippen LogP) is 3.06. The summed E-state index contributed by atoms with van der Waals surface area (Å²) in [6.07, 6.45) is -0.101. The van der Waals surface area contributed by atoms with Gasteiger partial charge in [0, 0.05) is 16.8 Å². The molecule has 7 heteroatoms. The number of nitrogens with one attached hydrogen (secondary N) is 2. The number of nitrogens with zero attached hydrogens (tertiary/aromatic N) is 1. The highest BCUT2D eigenvalue weighted by Crippen LogP contribution is 2.26. The summed E-state index contributed by atoms with van der Waals surface area (Å²) in [4.78, 5) is 27.1. The molecule has 3 N–H and O–H groups in total. The highest BCUT2D eigenvalue weighted by molar-refractivity contribution is 7.13. The zero-order valence-corrected chi connectivity index (χ0v) is 13.9. The summed E-state index contributed by atoms with van der Waals surface area (Å²) in [5.74, 6) is -0.897. The van der Waals surface area contributed by atoms with E-state index in [2.05, 4.69) is 15.6 Å². The second kappa shape index (κ2) is 6.89. The standard InChI is InChI=1S/C14H23N3O3S/c1-8(2)9(6-11(18)19)15-12(20)17-13-16-10(7-21-13)14(3,4)5/h7-9H,6H2,1-5H3,(H,18,19)(H2,15,16,17,20). The summed E-state index contributed by atoms with van der Waals surface area (Å²) < 4.78 is 0. The molecule has 2 amide bonds. The maximum absolute atomic E-state index is 11.9. The van der Waals surface area contributed by atoms with Crippen LogP contribution in [0.15, 0.2) is 5.38 Å². The van der Waals surface area contributed by atoms with Gasteiger partial charge in [-0.2, -0.15) is 0 Å². The molecular weight excluding hydrogens is 290 g/mol. The highest BCUT2D eigenvalue weighted by Gasteiger charge is 2.21. The van der Waals surface area contributed by atoms with Gasteiger partial charge in [-0.25, -0.2) is 9.78 Å². The number of thiazole rings is 1. The van der Waals surface area contributed by atoms with Crippen molar-refractivity contribution in [2.45, 2.75) is 52.5 Å². The SMILES string of the molecule is CC(C)C(CC(=O)O)NC(=O)Nc1nc(C(C)(C)C)cs1. The molecule has 0 saturated carbocycles. The Morgan fingerprint density at radius 1 is 1.38 bits per heavy atom. The van der Waals surface area contributed by atoms with Gasteiger partial charge in [-0.3, -0.25) is 10.1 Å². The lowest BCUT2D eigenvalue weighted by molar-refractivity contribution is -0.137. The molecule has 1 aromatic heterocycles. The van der Waals surface area contributed by atoms with Gasteiger partial charge in [-0.05, 0) is 5.92 Å². The number of carbonyl (C=O) groups excluding carboxylic acids is 1. The number of rotatable bonds is 5. The lowest BCUT2D eigenvalue weighted by atomic mass is 9.93. The molecule has 0 bridgehead atoms. The number of carboxylic acids is 1. The lowest BCUT2D eigenvalue weighted by Gasteiger charge is -2.20. The van der Waals surface area contributed by atoms with Crippen molar-refractivity contribution in [3.05, 3.63) is 11.1 Å². The van der Waals surface area contributed by atoms with Gasteiger partial charge in [0.2, 0.25) is 0 Å². The van der Waals surface area contributed by atoms with Crippen LogP contribution in [0.2, 0.25) is 0 Å². The molecule has 1 aromatic rings. The molecule has 21 heavy (non-hydrogen) atoms. The normalized spacial score (nSPS) is 13.0. The topological polar surface area (TPSA) is 91.3 Å². The predicted molar refractivity (Wildman–Crippen MR) is 83.8 cm³/mol. The Morgan fingerprint density at radius 2 is 2.00 bits per heavy atom. The molecule has 6 nitrogen and oxygen atoms in total. The second-order valence-corrected chi connectivity index (χ2v) is 7.19. The zero-order chi connectivity index (χ0) is 16.2. The van der Waals surface area contributed by atoms with Crippen LogP contribution < -0.4 is 10.6 Å². The maximum atomic E-state index is 11.9. The Balaban J connectivity index is 2.64. The van der Waals surface area contributed by atoms with Crippen LogP contribution in [0.5, 0.6) is 0 Å². The minimum Gasteiger partial charge on any atom is -0.481 e. The van der Waals surface area contributed by atoms with Crippen LogP contribution in [-0.4, -0.2) is 28.1 Å². The first-order valence-corrected chi connectivity index (χ1v) is 7.73. The molecule has 0 aliphatic rings. The van der Waals surface area contributed by atoms with Crippen molar-refractivity contribution < 1.29 is 14.7 Å². The Kier molecular flexibility index (Phi) is 5.71. The number of aliphatic carboxylic acids is 1. The summed E-state index contributed by atoms with van der Waals surface area (Å²) in [5, 5.41) is 16.6. The molecular formula is C14H23N3O3S. The zero-order valence-electron chi connectivity index (χ0n) is 13.1. The van der Waals surface area contributed by atoms with Gasteiger partial charge < -0.3 is 10.4 Å². The number of aromatic nitrogens is 1. The third-order valence-corrected chi connectivity index (χ3v) is 3.77. The van der Waals surface area contributed by atoms with Crippen LogP contribution in [0.1, 0.15) is 46.7 Å². The smallest absolute Gasteiger partial charge is 0.321 e. The largest absolute Gasteiger partial charge is 0.481 e. The summed E-state index contributed by atoms with van der Waals surface area (Å²) in [5.41, 5.74) is 0.838. The van der Waals surface area contributed by atoms with Gasteiger partial charge in [0.1, 0.15) is 0 Å². The Bertz CT molecular complexity index is 506. The molecule has 118 valence electrons. The van der Waals surface area contributed by atoms with E-state index in [1.165, 1.54) is 11.3 Å². The fourth-order valence-electron chi connectivity index (χ4n) is 1.62. The van der Waals surface area contributed by atoms with Crippen LogP contribution >= 0.6 is 11.3 Å². The van der Waals surface area contributed by atoms with Gasteiger partial charge in [-0.15, -0.1) is 11.3 Å². The summed E-state index contributed by atoms with van der Waals surface area (Å²) in [6.45, 7) is 9.89. The summed E-state index contributed by atoms with van der Waals surface area (Å²) in [6, 6.07) is -0.839. The van der Waals surface area contributed by atoms with Crippen LogP contribution in [0.25, 0.3) is 0 Å². The van der Waals surface area contributed by atoms with Crippen LogP contribution in [0.3, 0.4) is 0 Å². The number of carboxylic acid groups (broad SMARTS) is 1. The molecule has 0 saturated heterocycles. The van der Waals surface area contributed by atoms with E-state index in [0.717, 1.165) is 5.69 Å². The minimum atomic E-state index is -0.932. The third kappa shape index (κ3) is 5.71. The van der Waals surface area contributed by atoms with Crippen molar-refractivity contribution in [1.82, 2.24) is 10.3 Å². The monoisotopic (exact) mass is 313 g/mol. The van der Waals surface area contributed by atoms with Crippen LogP contribution in [0, 0.1) is 5.92 Å². The first kappa shape index (κ1) is 17.4. The quantitative estimate of drug-likeness (QED) is 0.779. The molecule has 0 spiro atoms. The van der Waals surface area contributed by atoms with Crippen molar-refractivity contribution >= 4 is 28.5 Å².